The number of hydrogen-bond acceptors (Lipinski definition) is 7. The van der Waals surface area contributed by atoms with Crippen LogP contribution in [0.25, 0.3) is 17.3 Å². The van der Waals surface area contributed by atoms with Crippen LogP contribution in [0.15, 0.2) is 80.1 Å². The minimum atomic E-state index is -4.30. The first-order valence-electron chi connectivity index (χ1n) is 11.3. The van der Waals surface area contributed by atoms with Crippen molar-refractivity contribution >= 4 is 50.8 Å². The van der Waals surface area contributed by atoms with Crippen molar-refractivity contribution in [2.45, 2.75) is 35.5 Å². The average Bonchev–Trinajstić information content (AvgIpc) is 3.39. The normalized spacial score (nSPS) is 15.1. The fourth-order valence-electron chi connectivity index (χ4n) is 3.77. The van der Waals surface area contributed by atoms with E-state index in [1.165, 1.54) is 23.9 Å². The lowest BCUT2D eigenvalue weighted by atomic mass is 10.2. The van der Waals surface area contributed by atoms with E-state index in [0.29, 0.717) is 24.4 Å². The van der Waals surface area contributed by atoms with Crippen LogP contribution in [0.1, 0.15) is 31.6 Å². The molecule has 3 aromatic rings. The quantitative estimate of drug-likeness (QED) is 0.168. The number of aliphatic carboxylic acids is 1. The molecule has 2 aromatic heterocycles. The van der Waals surface area contributed by atoms with Crippen molar-refractivity contribution in [2.24, 2.45) is 7.05 Å². The SMILES string of the molecule is C[n+]1cccc2oc(C=CC=CC=C3Sc4cc(S(=O)(=O)O)ccc4N3CCCCCC(=O)O)nc21. The van der Waals surface area contributed by atoms with Gasteiger partial charge in [0.05, 0.1) is 28.9 Å². The van der Waals surface area contributed by atoms with Gasteiger partial charge in [-0.1, -0.05) is 36.4 Å². The second kappa shape index (κ2) is 11.1. The molecule has 11 heteroatoms. The van der Waals surface area contributed by atoms with Gasteiger partial charge < -0.3 is 14.4 Å². The Bertz CT molecular complexity index is 1470. The summed E-state index contributed by atoms with van der Waals surface area (Å²) in [6, 6.07) is 8.28. The number of aromatic nitrogens is 2. The molecule has 188 valence electrons. The molecule has 0 bridgehead atoms. The molecule has 2 N–H and O–H groups in total. The van der Waals surface area contributed by atoms with E-state index >= 15 is 0 Å². The summed E-state index contributed by atoms with van der Waals surface area (Å²) >= 11 is 1.41. The van der Waals surface area contributed by atoms with E-state index in [1.54, 1.807) is 12.1 Å². The number of nitrogens with zero attached hydrogens (tertiary/aromatic N) is 3. The molecule has 1 aromatic carbocycles. The van der Waals surface area contributed by atoms with Gasteiger partial charge in [-0.3, -0.25) is 9.35 Å². The zero-order valence-corrected chi connectivity index (χ0v) is 21.2. The van der Waals surface area contributed by atoms with Crippen molar-refractivity contribution in [1.82, 2.24) is 4.98 Å². The van der Waals surface area contributed by atoms with Crippen LogP contribution in [0, 0.1) is 0 Å². The number of oxazole rings is 1. The topological polar surface area (TPSA) is 125 Å². The number of fused-ring (bicyclic) bond motifs is 2. The number of aryl methyl sites for hydroxylation is 1. The molecule has 36 heavy (non-hydrogen) atoms. The zero-order valence-electron chi connectivity index (χ0n) is 19.6. The fraction of sp³-hybridized carbons (Fsp3) is 0.240. The maximum absolute atomic E-state index is 11.6. The molecule has 9 nitrogen and oxygen atoms in total. The van der Waals surface area contributed by atoms with Crippen molar-refractivity contribution in [3.8, 4) is 0 Å². The number of carboxylic acid groups (broad SMARTS) is 1. The monoisotopic (exact) mass is 528 g/mol. The maximum Gasteiger partial charge on any atom is 0.370 e. The Balaban J connectivity index is 1.48. The molecule has 0 amide bonds. The zero-order chi connectivity index (χ0) is 25.7. The molecule has 1 aliphatic heterocycles. The van der Waals surface area contributed by atoms with E-state index in [0.717, 1.165) is 34.1 Å². The highest BCUT2D eigenvalue weighted by Gasteiger charge is 2.26. The Morgan fingerprint density at radius 1 is 1.19 bits per heavy atom. The van der Waals surface area contributed by atoms with Crippen LogP contribution in [-0.4, -0.2) is 35.6 Å². The van der Waals surface area contributed by atoms with Crippen LogP contribution in [-0.2, 0) is 22.0 Å². The van der Waals surface area contributed by atoms with Crippen LogP contribution in [0.2, 0.25) is 0 Å². The van der Waals surface area contributed by atoms with E-state index in [-0.39, 0.29) is 11.3 Å². The number of unbranched alkanes of at least 4 members (excludes halogenated alkanes) is 2. The largest absolute Gasteiger partial charge is 0.481 e. The number of carbonyl (C=O) groups is 1. The molecular weight excluding hydrogens is 502 g/mol. The average molecular weight is 529 g/mol. The first-order valence-corrected chi connectivity index (χ1v) is 13.6. The van der Waals surface area contributed by atoms with Gasteiger partial charge in [0.2, 0.25) is 5.58 Å². The maximum atomic E-state index is 11.6. The van der Waals surface area contributed by atoms with E-state index in [1.807, 2.05) is 54.2 Å². The van der Waals surface area contributed by atoms with Crippen molar-refractivity contribution in [2.75, 3.05) is 11.4 Å². The number of pyridine rings is 1. The summed E-state index contributed by atoms with van der Waals surface area (Å²) in [5, 5.41) is 9.73. The highest BCUT2D eigenvalue weighted by Crippen LogP contribution is 2.47. The summed E-state index contributed by atoms with van der Waals surface area (Å²) in [7, 11) is -2.40. The van der Waals surface area contributed by atoms with Gasteiger partial charge in [-0.05, 0) is 49.2 Å². The number of anilines is 1. The Morgan fingerprint density at radius 3 is 2.78 bits per heavy atom. The molecule has 0 saturated carbocycles. The summed E-state index contributed by atoms with van der Waals surface area (Å²) in [6.07, 6.45) is 13.4. The molecule has 1 aliphatic rings. The van der Waals surface area contributed by atoms with Crippen molar-refractivity contribution in [3.63, 3.8) is 0 Å². The van der Waals surface area contributed by atoms with Crippen LogP contribution < -0.4 is 9.47 Å². The molecule has 0 atom stereocenters. The first-order chi connectivity index (χ1) is 17.2. The molecule has 4 rings (SSSR count). The van der Waals surface area contributed by atoms with E-state index in [2.05, 4.69) is 9.88 Å². The summed E-state index contributed by atoms with van der Waals surface area (Å²) < 4.78 is 40.1. The van der Waals surface area contributed by atoms with Gasteiger partial charge in [0.1, 0.15) is 0 Å². The standard InChI is InChI=1S/C25H25N3O6S2/c1-27-15-8-9-20-25(27)26-22(34-20)10-4-2-5-11-23-28(16-7-3-6-12-24(29)30)19-14-13-18(36(31,32)33)17-21(19)35-23/h2,4-5,8-11,13-15,17H,3,6-7,12,16H2,1H3,(H-,29,30,31,32,33)/p+1. The number of rotatable bonds is 10. The lowest BCUT2D eigenvalue weighted by Crippen LogP contribution is -2.27. The predicted octanol–water partition coefficient (Wildman–Crippen LogP) is 4.57. The third kappa shape index (κ3) is 6.23. The van der Waals surface area contributed by atoms with E-state index in [4.69, 9.17) is 9.52 Å². The summed E-state index contributed by atoms with van der Waals surface area (Å²) in [5.74, 6) is -0.312. The molecule has 3 heterocycles. The summed E-state index contributed by atoms with van der Waals surface area (Å²) in [4.78, 5) is 17.9. The number of carboxylic acids is 1. The highest BCUT2D eigenvalue weighted by molar-refractivity contribution is 8.03. The predicted molar refractivity (Wildman–Crippen MR) is 137 cm³/mol. The van der Waals surface area contributed by atoms with Gasteiger partial charge in [-0.15, -0.1) is 0 Å². The van der Waals surface area contributed by atoms with E-state index < -0.39 is 16.1 Å². The van der Waals surface area contributed by atoms with Crippen LogP contribution in [0.4, 0.5) is 5.69 Å². The molecule has 0 radical (unpaired) electrons. The van der Waals surface area contributed by atoms with Crippen molar-refractivity contribution in [3.05, 3.63) is 71.8 Å². The number of thioether (sulfide) groups is 1. The fourth-order valence-corrected chi connectivity index (χ4v) is 5.49. The van der Waals surface area contributed by atoms with Gasteiger partial charge in [0, 0.05) is 28.9 Å². The molecule has 0 aliphatic carbocycles. The number of benzene rings is 1. The molecule has 0 fully saturated rings. The van der Waals surface area contributed by atoms with Gasteiger partial charge in [0.15, 0.2) is 0 Å². The lowest BCUT2D eigenvalue weighted by molar-refractivity contribution is -0.646. The molecular formula is C25H26N3O6S2+. The first kappa shape index (κ1) is 25.7. The Labute approximate surface area is 213 Å². The molecule has 0 unspecified atom stereocenters. The minimum Gasteiger partial charge on any atom is -0.481 e. The van der Waals surface area contributed by atoms with Crippen LogP contribution >= 0.6 is 11.8 Å². The summed E-state index contributed by atoms with van der Waals surface area (Å²) in [6.45, 7) is 0.653. The molecule has 0 spiro atoms. The van der Waals surface area contributed by atoms with Crippen LogP contribution in [0.3, 0.4) is 0 Å². The molecule has 0 saturated heterocycles. The second-order valence-corrected chi connectivity index (χ2v) is 10.7. The lowest BCUT2D eigenvalue weighted by Gasteiger charge is -2.20. The summed E-state index contributed by atoms with van der Waals surface area (Å²) in [5.41, 5.74) is 2.31. The van der Waals surface area contributed by atoms with Gasteiger partial charge in [-0.25, -0.2) is 4.57 Å². The Kier molecular flexibility index (Phi) is 7.92. The Hall–Kier alpha value is -3.41. The third-order valence-electron chi connectivity index (χ3n) is 5.52. The second-order valence-electron chi connectivity index (χ2n) is 8.17. The Morgan fingerprint density at radius 2 is 2.03 bits per heavy atom. The van der Waals surface area contributed by atoms with Gasteiger partial charge >= 0.3 is 17.5 Å². The highest BCUT2D eigenvalue weighted by atomic mass is 32.2. The van der Waals surface area contributed by atoms with Gasteiger partial charge in [0.25, 0.3) is 10.1 Å². The van der Waals surface area contributed by atoms with Gasteiger partial charge in [-0.2, -0.15) is 8.42 Å². The smallest absolute Gasteiger partial charge is 0.370 e. The van der Waals surface area contributed by atoms with Crippen molar-refractivity contribution in [1.29, 1.82) is 0 Å². The number of allylic oxidation sites excluding steroid dienone is 4. The van der Waals surface area contributed by atoms with E-state index in [9.17, 15) is 17.8 Å². The minimum absolute atomic E-state index is 0.138. The third-order valence-corrected chi connectivity index (χ3v) is 7.48. The van der Waals surface area contributed by atoms with Crippen molar-refractivity contribution < 1.29 is 31.9 Å². The van der Waals surface area contributed by atoms with Crippen LogP contribution in [0.5, 0.6) is 0 Å². The number of hydrogen-bond donors (Lipinski definition) is 2.